The van der Waals surface area contributed by atoms with Crippen molar-refractivity contribution in [3.05, 3.63) is 82.0 Å². The van der Waals surface area contributed by atoms with Crippen LogP contribution in [0.2, 0.25) is 0 Å². The third-order valence-corrected chi connectivity index (χ3v) is 4.40. The molecular weight excluding hydrogens is 361 g/mol. The first-order valence-electron chi connectivity index (χ1n) is 9.11. The Morgan fingerprint density at radius 2 is 2.11 bits per heavy atom. The van der Waals surface area contributed by atoms with Gasteiger partial charge in [-0.3, -0.25) is 9.59 Å². The fourth-order valence-electron chi connectivity index (χ4n) is 2.88. The van der Waals surface area contributed by atoms with Crippen molar-refractivity contribution in [1.82, 2.24) is 24.6 Å². The Morgan fingerprint density at radius 3 is 2.79 bits per heavy atom. The van der Waals surface area contributed by atoms with Crippen LogP contribution in [-0.2, 0) is 13.6 Å². The highest BCUT2D eigenvalue weighted by atomic mass is 19.1. The van der Waals surface area contributed by atoms with E-state index in [0.717, 1.165) is 12.8 Å². The summed E-state index contributed by atoms with van der Waals surface area (Å²) in [7, 11) is 1.80. The summed E-state index contributed by atoms with van der Waals surface area (Å²) in [6.45, 7) is 2.46. The summed E-state index contributed by atoms with van der Waals surface area (Å²) < 4.78 is 16.8. The molecule has 3 rings (SSSR count). The van der Waals surface area contributed by atoms with Crippen LogP contribution < -0.4 is 10.9 Å². The monoisotopic (exact) mass is 383 g/mol. The van der Waals surface area contributed by atoms with Gasteiger partial charge in [0.1, 0.15) is 23.4 Å². The number of carbonyl (C=O) groups is 1. The minimum Gasteiger partial charge on any atom is -0.337 e. The number of hydrogen-bond donors (Lipinski definition) is 1. The van der Waals surface area contributed by atoms with Crippen LogP contribution in [0.15, 0.2) is 53.6 Å². The van der Waals surface area contributed by atoms with E-state index in [1.165, 1.54) is 28.9 Å². The lowest BCUT2D eigenvalue weighted by atomic mass is 10.1. The number of aromatic nitrogens is 4. The van der Waals surface area contributed by atoms with Gasteiger partial charge in [0.15, 0.2) is 0 Å². The summed E-state index contributed by atoms with van der Waals surface area (Å²) >= 11 is 0. The van der Waals surface area contributed by atoms with E-state index in [1.54, 1.807) is 36.1 Å². The van der Waals surface area contributed by atoms with Gasteiger partial charge in [0.25, 0.3) is 11.5 Å². The molecular formula is C20H22FN5O2. The van der Waals surface area contributed by atoms with Crippen LogP contribution in [0.5, 0.6) is 0 Å². The molecule has 0 fully saturated rings. The van der Waals surface area contributed by atoms with E-state index in [-0.39, 0.29) is 11.3 Å². The molecule has 3 aromatic rings. The van der Waals surface area contributed by atoms with Crippen molar-refractivity contribution in [3.8, 4) is 0 Å². The fraction of sp³-hybridized carbons (Fsp3) is 0.300. The van der Waals surface area contributed by atoms with E-state index in [1.807, 2.05) is 6.92 Å². The van der Waals surface area contributed by atoms with E-state index < -0.39 is 17.8 Å². The molecule has 0 aliphatic rings. The lowest BCUT2D eigenvalue weighted by Crippen LogP contribution is -2.34. The number of halogens is 1. The molecule has 146 valence electrons. The maximum absolute atomic E-state index is 13.8. The normalized spacial score (nSPS) is 12.0. The molecule has 2 heterocycles. The third-order valence-electron chi connectivity index (χ3n) is 4.40. The van der Waals surface area contributed by atoms with Crippen LogP contribution in [-0.4, -0.2) is 25.2 Å². The molecule has 0 aliphatic carbocycles. The maximum atomic E-state index is 13.8. The molecule has 0 saturated heterocycles. The lowest BCUT2D eigenvalue weighted by molar-refractivity contribution is 0.0933. The molecule has 1 atom stereocenters. The van der Waals surface area contributed by atoms with Crippen LogP contribution in [0.3, 0.4) is 0 Å². The second kappa shape index (κ2) is 8.60. The molecule has 2 aromatic heterocycles. The van der Waals surface area contributed by atoms with Gasteiger partial charge in [-0.05, 0) is 30.2 Å². The van der Waals surface area contributed by atoms with Gasteiger partial charge < -0.3 is 9.88 Å². The Bertz CT molecular complexity index is 1030. The number of aryl methyl sites for hydroxylation is 2. The predicted molar refractivity (Wildman–Crippen MR) is 102 cm³/mol. The summed E-state index contributed by atoms with van der Waals surface area (Å²) in [4.78, 5) is 29.1. The van der Waals surface area contributed by atoms with Gasteiger partial charge in [-0.1, -0.05) is 25.5 Å². The van der Waals surface area contributed by atoms with Crippen molar-refractivity contribution in [2.24, 2.45) is 7.05 Å². The number of nitrogens with one attached hydrogen (secondary N) is 1. The number of amides is 1. The van der Waals surface area contributed by atoms with Gasteiger partial charge in [-0.25, -0.2) is 14.1 Å². The Morgan fingerprint density at radius 1 is 1.29 bits per heavy atom. The van der Waals surface area contributed by atoms with Crippen molar-refractivity contribution in [1.29, 1.82) is 0 Å². The molecule has 7 nitrogen and oxygen atoms in total. The first kappa shape index (κ1) is 19.5. The zero-order chi connectivity index (χ0) is 20.1. The van der Waals surface area contributed by atoms with Crippen molar-refractivity contribution in [2.45, 2.75) is 32.4 Å². The molecule has 1 aromatic carbocycles. The lowest BCUT2D eigenvalue weighted by Gasteiger charge is -2.19. The van der Waals surface area contributed by atoms with Gasteiger partial charge in [-0.15, -0.1) is 0 Å². The van der Waals surface area contributed by atoms with Gasteiger partial charge in [0, 0.05) is 32.1 Å². The van der Waals surface area contributed by atoms with Gasteiger partial charge in [0.2, 0.25) is 0 Å². The van der Waals surface area contributed by atoms with Crippen molar-refractivity contribution in [3.63, 3.8) is 0 Å². The zero-order valence-electron chi connectivity index (χ0n) is 15.8. The number of benzene rings is 1. The van der Waals surface area contributed by atoms with Gasteiger partial charge >= 0.3 is 0 Å². The van der Waals surface area contributed by atoms with E-state index in [2.05, 4.69) is 15.4 Å². The Kier molecular flexibility index (Phi) is 5.98. The summed E-state index contributed by atoms with van der Waals surface area (Å²) in [6, 6.07) is 8.05. The number of unbranched alkanes of at least 4 members (excludes halogenated alkanes) is 1. The average molecular weight is 383 g/mol. The number of hydrogen-bond acceptors (Lipinski definition) is 4. The summed E-state index contributed by atoms with van der Waals surface area (Å²) in [5.41, 5.74) is 0.420. The molecule has 1 amide bonds. The minimum atomic E-state index is -0.666. The first-order chi connectivity index (χ1) is 13.5. The van der Waals surface area contributed by atoms with Crippen molar-refractivity contribution in [2.75, 3.05) is 0 Å². The standard InChI is InChI=1S/C20H22FN5O2/c1-3-4-11-26-17(27)9-8-16(24-26)20(28)23-18(19-22-10-12-25(19)2)14-6-5-7-15(21)13-14/h5-10,12-13,18H,3-4,11H2,1-2H3,(H,23,28). The van der Waals surface area contributed by atoms with E-state index >= 15 is 0 Å². The first-order valence-corrected chi connectivity index (χ1v) is 9.11. The molecule has 8 heteroatoms. The summed E-state index contributed by atoms with van der Waals surface area (Å²) in [5.74, 6) is -0.321. The van der Waals surface area contributed by atoms with Crippen LogP contribution in [0, 0.1) is 5.82 Å². The van der Waals surface area contributed by atoms with E-state index in [9.17, 15) is 14.0 Å². The second-order valence-corrected chi connectivity index (χ2v) is 6.49. The molecule has 0 spiro atoms. The van der Waals surface area contributed by atoms with Crippen LogP contribution >= 0.6 is 0 Å². The predicted octanol–water partition coefficient (Wildman–Crippen LogP) is 2.44. The molecule has 1 N–H and O–H groups in total. The fourth-order valence-corrected chi connectivity index (χ4v) is 2.88. The Balaban J connectivity index is 1.92. The highest BCUT2D eigenvalue weighted by Gasteiger charge is 2.23. The van der Waals surface area contributed by atoms with E-state index in [0.29, 0.717) is 17.9 Å². The number of nitrogens with zero attached hydrogens (tertiary/aromatic N) is 4. The number of imidazole rings is 1. The van der Waals surface area contributed by atoms with Crippen LogP contribution in [0.1, 0.15) is 47.7 Å². The average Bonchev–Trinajstić information content (AvgIpc) is 3.11. The molecule has 1 unspecified atom stereocenters. The largest absolute Gasteiger partial charge is 0.337 e. The van der Waals surface area contributed by atoms with Crippen molar-refractivity contribution >= 4 is 5.91 Å². The highest BCUT2D eigenvalue weighted by Crippen LogP contribution is 2.21. The van der Waals surface area contributed by atoms with Crippen molar-refractivity contribution < 1.29 is 9.18 Å². The highest BCUT2D eigenvalue weighted by molar-refractivity contribution is 5.92. The molecule has 0 radical (unpaired) electrons. The molecule has 28 heavy (non-hydrogen) atoms. The number of carbonyl (C=O) groups excluding carboxylic acids is 1. The van der Waals surface area contributed by atoms with Gasteiger partial charge in [0.05, 0.1) is 0 Å². The molecule has 0 bridgehead atoms. The molecule has 0 saturated carbocycles. The Labute approximate surface area is 161 Å². The smallest absolute Gasteiger partial charge is 0.272 e. The number of rotatable bonds is 7. The van der Waals surface area contributed by atoms with Gasteiger partial charge in [-0.2, -0.15) is 5.10 Å². The van der Waals surface area contributed by atoms with Crippen LogP contribution in [0.4, 0.5) is 4.39 Å². The zero-order valence-corrected chi connectivity index (χ0v) is 15.8. The van der Waals surface area contributed by atoms with E-state index in [4.69, 9.17) is 0 Å². The minimum absolute atomic E-state index is 0.117. The SMILES string of the molecule is CCCCn1nc(C(=O)NC(c2cccc(F)c2)c2nccn2C)ccc1=O. The topological polar surface area (TPSA) is 81.8 Å². The Hall–Kier alpha value is -3.29. The summed E-state index contributed by atoms with van der Waals surface area (Å²) in [6.07, 6.45) is 5.05. The summed E-state index contributed by atoms with van der Waals surface area (Å²) in [5, 5.41) is 7.02. The maximum Gasteiger partial charge on any atom is 0.272 e. The third kappa shape index (κ3) is 4.33. The quantitative estimate of drug-likeness (QED) is 0.679. The second-order valence-electron chi connectivity index (χ2n) is 6.49. The molecule has 0 aliphatic heterocycles. The van der Waals surface area contributed by atoms with Crippen LogP contribution in [0.25, 0.3) is 0 Å².